The van der Waals surface area contributed by atoms with E-state index in [4.69, 9.17) is 0 Å². The Bertz CT molecular complexity index is 457. The third-order valence-electron chi connectivity index (χ3n) is 4.55. The Hall–Kier alpha value is -0.640. The van der Waals surface area contributed by atoms with Gasteiger partial charge in [0.25, 0.3) is 0 Å². The fraction of sp³-hybridized carbons (Fsp3) is 0.929. The largest absolute Gasteiger partial charge is 0.299 e. The first-order valence-corrected chi connectivity index (χ1v) is 9.43. The van der Waals surface area contributed by atoms with Crippen LogP contribution in [0.2, 0.25) is 0 Å². The standard InChI is InChI=1S/C14H25N3O2S/c1-2-6-16-14(12-15)5-3-4-13(11-14)17-7-9-20(18,19)10-8-17/h13,16H,2-11H2,1H3. The summed E-state index contributed by atoms with van der Waals surface area (Å²) in [6, 6.07) is 2.83. The lowest BCUT2D eigenvalue weighted by Gasteiger charge is -2.42. The van der Waals surface area contributed by atoms with Crippen LogP contribution in [0.25, 0.3) is 0 Å². The van der Waals surface area contributed by atoms with Gasteiger partial charge in [-0.25, -0.2) is 8.42 Å². The van der Waals surface area contributed by atoms with Crippen LogP contribution in [-0.4, -0.2) is 56.0 Å². The molecule has 2 fully saturated rings. The molecule has 0 aromatic rings. The minimum atomic E-state index is -2.83. The van der Waals surface area contributed by atoms with E-state index < -0.39 is 15.4 Å². The number of rotatable bonds is 4. The molecule has 114 valence electrons. The van der Waals surface area contributed by atoms with Gasteiger partial charge in [0.15, 0.2) is 9.84 Å². The molecule has 1 saturated carbocycles. The van der Waals surface area contributed by atoms with Crippen LogP contribution in [0, 0.1) is 11.3 Å². The maximum absolute atomic E-state index is 11.5. The summed E-state index contributed by atoms with van der Waals surface area (Å²) in [4.78, 5) is 2.28. The van der Waals surface area contributed by atoms with Gasteiger partial charge in [-0.15, -0.1) is 0 Å². The number of hydrogen-bond donors (Lipinski definition) is 1. The van der Waals surface area contributed by atoms with Gasteiger partial charge in [-0.2, -0.15) is 5.26 Å². The van der Waals surface area contributed by atoms with E-state index in [-0.39, 0.29) is 11.5 Å². The number of nitrogens with zero attached hydrogens (tertiary/aromatic N) is 2. The van der Waals surface area contributed by atoms with Crippen LogP contribution in [-0.2, 0) is 9.84 Å². The third-order valence-corrected chi connectivity index (χ3v) is 6.16. The molecule has 20 heavy (non-hydrogen) atoms. The Labute approximate surface area is 122 Å². The molecule has 1 heterocycles. The highest BCUT2D eigenvalue weighted by Gasteiger charge is 2.39. The molecule has 0 amide bonds. The molecule has 2 aliphatic rings. The molecule has 0 aromatic carbocycles. The first-order chi connectivity index (χ1) is 9.50. The van der Waals surface area contributed by atoms with Crippen molar-refractivity contribution in [1.29, 1.82) is 5.26 Å². The van der Waals surface area contributed by atoms with Crippen LogP contribution in [0.1, 0.15) is 39.0 Å². The van der Waals surface area contributed by atoms with E-state index in [9.17, 15) is 13.7 Å². The van der Waals surface area contributed by atoms with Gasteiger partial charge in [0.05, 0.1) is 17.6 Å². The predicted octanol–water partition coefficient (Wildman–Crippen LogP) is 0.921. The number of nitrogens with one attached hydrogen (secondary N) is 1. The smallest absolute Gasteiger partial charge is 0.152 e. The first kappa shape index (κ1) is 15.7. The van der Waals surface area contributed by atoms with Gasteiger partial charge in [-0.3, -0.25) is 10.2 Å². The zero-order chi connectivity index (χ0) is 14.6. The molecule has 2 atom stereocenters. The summed E-state index contributed by atoms with van der Waals surface area (Å²) in [5.41, 5.74) is -0.407. The monoisotopic (exact) mass is 299 g/mol. The van der Waals surface area contributed by atoms with Gasteiger partial charge >= 0.3 is 0 Å². The zero-order valence-electron chi connectivity index (χ0n) is 12.3. The van der Waals surface area contributed by atoms with E-state index in [2.05, 4.69) is 23.2 Å². The Balaban J connectivity index is 1.98. The molecule has 0 bridgehead atoms. The minimum absolute atomic E-state index is 0.269. The lowest BCUT2D eigenvalue weighted by Crippen LogP contribution is -2.55. The fourth-order valence-electron chi connectivity index (χ4n) is 3.32. The Morgan fingerprint density at radius 1 is 1.40 bits per heavy atom. The van der Waals surface area contributed by atoms with Crippen molar-refractivity contribution in [3.8, 4) is 6.07 Å². The summed E-state index contributed by atoms with van der Waals surface area (Å²) in [5.74, 6) is 0.539. The lowest BCUT2D eigenvalue weighted by atomic mass is 9.79. The SMILES string of the molecule is CCCNC1(C#N)CCCC(N2CCS(=O)(=O)CC2)C1. The lowest BCUT2D eigenvalue weighted by molar-refractivity contribution is 0.128. The average Bonchev–Trinajstić information content (AvgIpc) is 2.45. The van der Waals surface area contributed by atoms with Crippen molar-refractivity contribution >= 4 is 9.84 Å². The summed E-state index contributed by atoms with van der Waals surface area (Å²) >= 11 is 0. The van der Waals surface area contributed by atoms with E-state index in [1.54, 1.807) is 0 Å². The van der Waals surface area contributed by atoms with Crippen molar-refractivity contribution in [2.24, 2.45) is 0 Å². The van der Waals surface area contributed by atoms with Crippen LogP contribution >= 0.6 is 0 Å². The van der Waals surface area contributed by atoms with Crippen molar-refractivity contribution < 1.29 is 8.42 Å². The van der Waals surface area contributed by atoms with Gasteiger partial charge < -0.3 is 0 Å². The molecule has 1 aliphatic heterocycles. The van der Waals surface area contributed by atoms with Gasteiger partial charge in [-0.1, -0.05) is 6.92 Å². The molecule has 1 N–H and O–H groups in total. The molecular weight excluding hydrogens is 274 g/mol. The van der Waals surface area contributed by atoms with Gasteiger partial charge in [0.1, 0.15) is 5.54 Å². The van der Waals surface area contributed by atoms with E-state index in [1.165, 1.54) is 0 Å². The molecular formula is C14H25N3O2S. The van der Waals surface area contributed by atoms with Crippen LogP contribution in [0.5, 0.6) is 0 Å². The topological polar surface area (TPSA) is 73.2 Å². The molecule has 0 radical (unpaired) electrons. The third kappa shape index (κ3) is 3.72. The molecule has 6 heteroatoms. The highest BCUT2D eigenvalue weighted by molar-refractivity contribution is 7.91. The summed E-state index contributed by atoms with van der Waals surface area (Å²) < 4.78 is 23.0. The normalized spacial score (nSPS) is 34.5. The number of sulfone groups is 1. The second kappa shape index (κ2) is 6.42. The van der Waals surface area contributed by atoms with E-state index in [0.717, 1.165) is 38.6 Å². The number of hydrogen-bond acceptors (Lipinski definition) is 5. The Kier molecular flexibility index (Phi) is 5.05. The summed E-state index contributed by atoms with van der Waals surface area (Å²) in [6.07, 6.45) is 4.88. The second-order valence-electron chi connectivity index (χ2n) is 6.06. The van der Waals surface area contributed by atoms with E-state index in [1.807, 2.05) is 0 Å². The second-order valence-corrected chi connectivity index (χ2v) is 8.36. The zero-order valence-corrected chi connectivity index (χ0v) is 13.1. The molecule has 5 nitrogen and oxygen atoms in total. The van der Waals surface area contributed by atoms with Crippen molar-refractivity contribution in [3.63, 3.8) is 0 Å². The first-order valence-electron chi connectivity index (χ1n) is 7.61. The number of nitriles is 1. The fourth-order valence-corrected chi connectivity index (χ4v) is 4.54. The molecule has 1 aliphatic carbocycles. The minimum Gasteiger partial charge on any atom is -0.299 e. The van der Waals surface area contributed by atoms with E-state index >= 15 is 0 Å². The van der Waals surface area contributed by atoms with Crippen LogP contribution in [0.15, 0.2) is 0 Å². The quantitative estimate of drug-likeness (QED) is 0.835. The predicted molar refractivity (Wildman–Crippen MR) is 79.1 cm³/mol. The molecule has 1 saturated heterocycles. The summed E-state index contributed by atoms with van der Waals surface area (Å²) in [7, 11) is -2.83. The van der Waals surface area contributed by atoms with E-state index in [0.29, 0.717) is 19.1 Å². The van der Waals surface area contributed by atoms with Crippen LogP contribution < -0.4 is 5.32 Å². The Morgan fingerprint density at radius 3 is 2.70 bits per heavy atom. The van der Waals surface area contributed by atoms with Crippen molar-refractivity contribution in [3.05, 3.63) is 0 Å². The highest BCUT2D eigenvalue weighted by Crippen LogP contribution is 2.31. The van der Waals surface area contributed by atoms with Gasteiger partial charge in [0.2, 0.25) is 0 Å². The molecule has 0 aromatic heterocycles. The van der Waals surface area contributed by atoms with Gasteiger partial charge in [0, 0.05) is 19.1 Å². The van der Waals surface area contributed by atoms with Gasteiger partial charge in [-0.05, 0) is 38.6 Å². The summed E-state index contributed by atoms with van der Waals surface area (Å²) in [6.45, 7) is 4.23. The average molecular weight is 299 g/mol. The van der Waals surface area contributed by atoms with Crippen LogP contribution in [0.4, 0.5) is 0 Å². The Morgan fingerprint density at radius 2 is 2.10 bits per heavy atom. The van der Waals surface area contributed by atoms with Crippen LogP contribution in [0.3, 0.4) is 0 Å². The van der Waals surface area contributed by atoms with Crippen molar-refractivity contribution in [2.75, 3.05) is 31.1 Å². The molecule has 0 spiro atoms. The maximum Gasteiger partial charge on any atom is 0.152 e. The highest BCUT2D eigenvalue weighted by atomic mass is 32.2. The summed E-state index contributed by atoms with van der Waals surface area (Å²) in [5, 5.41) is 13.0. The van der Waals surface area contributed by atoms with Crippen molar-refractivity contribution in [1.82, 2.24) is 10.2 Å². The maximum atomic E-state index is 11.5. The van der Waals surface area contributed by atoms with Crippen molar-refractivity contribution in [2.45, 2.75) is 50.6 Å². The molecule has 2 rings (SSSR count). The molecule has 2 unspecified atom stereocenters.